The van der Waals surface area contributed by atoms with Crippen LogP contribution in [0.3, 0.4) is 0 Å². The molecule has 0 saturated carbocycles. The summed E-state index contributed by atoms with van der Waals surface area (Å²) in [5.41, 5.74) is 4.37. The maximum absolute atomic E-state index is 5.41. The number of rotatable bonds is 5. The van der Waals surface area contributed by atoms with Crippen LogP contribution >= 0.6 is 0 Å². The molecule has 0 aliphatic carbocycles. The largest absolute Gasteiger partial charge is 0.497 e. The average Bonchev–Trinajstić information content (AvgIpc) is 2.86. The second-order valence-corrected chi connectivity index (χ2v) is 7.69. The zero-order valence-corrected chi connectivity index (χ0v) is 20.6. The van der Waals surface area contributed by atoms with Crippen LogP contribution in [0.15, 0.2) is 65.9 Å². The van der Waals surface area contributed by atoms with Crippen LogP contribution in [0.1, 0.15) is 32.8 Å². The van der Waals surface area contributed by atoms with E-state index in [1.54, 1.807) is 26.6 Å². The van der Waals surface area contributed by atoms with E-state index in [4.69, 9.17) is 19.4 Å². The van der Waals surface area contributed by atoms with Gasteiger partial charge >= 0.3 is 0 Å². The maximum Gasteiger partial charge on any atom is 0.184 e. The minimum Gasteiger partial charge on any atom is -0.497 e. The smallest absolute Gasteiger partial charge is 0.184 e. The number of benzene rings is 2. The Balaban J connectivity index is 0.00000103. The van der Waals surface area contributed by atoms with Crippen molar-refractivity contribution in [1.29, 1.82) is 0 Å². The van der Waals surface area contributed by atoms with Crippen molar-refractivity contribution in [2.75, 3.05) is 19.5 Å². The Morgan fingerprint density at radius 3 is 2.50 bits per heavy atom. The van der Waals surface area contributed by atoms with Gasteiger partial charge in [0.05, 0.1) is 25.4 Å². The molecule has 4 aromatic rings. The number of ether oxygens (including phenoxy) is 2. The minimum atomic E-state index is 0.592. The number of hydrogen-bond acceptors (Lipinski definition) is 7. The summed E-state index contributed by atoms with van der Waals surface area (Å²) in [6.07, 6.45) is 4.73. The monoisotopic (exact) mass is 457 g/mol. The molecule has 176 valence electrons. The van der Waals surface area contributed by atoms with Crippen LogP contribution < -0.4 is 10.1 Å². The first-order valence-electron chi connectivity index (χ1n) is 11.2. The number of aryl methyl sites for hydroxylation is 1. The number of nitrogens with one attached hydrogen (secondary N) is 1. The van der Waals surface area contributed by atoms with Gasteiger partial charge in [-0.05, 0) is 55.0 Å². The molecule has 0 fully saturated rings. The fourth-order valence-electron chi connectivity index (χ4n) is 3.11. The first-order chi connectivity index (χ1) is 16.5. The Labute approximate surface area is 200 Å². The maximum atomic E-state index is 5.41. The van der Waals surface area contributed by atoms with E-state index in [1.165, 1.54) is 6.42 Å². The Hall–Kier alpha value is -4.00. The van der Waals surface area contributed by atoms with E-state index in [1.807, 2.05) is 62.4 Å². The van der Waals surface area contributed by atoms with Crippen LogP contribution in [-0.2, 0) is 4.74 Å². The third-order valence-electron chi connectivity index (χ3n) is 4.87. The van der Waals surface area contributed by atoms with Gasteiger partial charge in [0.25, 0.3) is 0 Å². The summed E-state index contributed by atoms with van der Waals surface area (Å²) in [4.78, 5) is 18.2. The SMILES string of the molecule is CCC.COC(C)=Nc1cc(Nc2nc(-c3cccnc3)nc3ccc(OC)cc23)ccc1C. The van der Waals surface area contributed by atoms with Crippen molar-refractivity contribution >= 4 is 34.0 Å². The molecular weight excluding hydrogens is 426 g/mol. The van der Waals surface area contributed by atoms with Crippen LogP contribution in [0.5, 0.6) is 5.75 Å². The number of fused-ring (bicyclic) bond motifs is 1. The molecule has 0 unspecified atom stereocenters. The highest BCUT2D eigenvalue weighted by atomic mass is 16.5. The van der Waals surface area contributed by atoms with Gasteiger partial charge in [0.2, 0.25) is 0 Å². The molecule has 0 aliphatic rings. The molecule has 7 heteroatoms. The summed E-state index contributed by atoms with van der Waals surface area (Å²) in [7, 11) is 3.25. The molecule has 7 nitrogen and oxygen atoms in total. The third-order valence-corrected chi connectivity index (χ3v) is 4.87. The summed E-state index contributed by atoms with van der Waals surface area (Å²) < 4.78 is 10.6. The van der Waals surface area contributed by atoms with Gasteiger partial charge < -0.3 is 14.8 Å². The molecule has 0 radical (unpaired) electrons. The summed E-state index contributed by atoms with van der Waals surface area (Å²) >= 11 is 0. The van der Waals surface area contributed by atoms with Crippen LogP contribution in [0.2, 0.25) is 0 Å². The van der Waals surface area contributed by atoms with Gasteiger partial charge in [0, 0.05) is 36.0 Å². The van der Waals surface area contributed by atoms with Crippen molar-refractivity contribution in [3.63, 3.8) is 0 Å². The molecule has 4 rings (SSSR count). The zero-order chi connectivity index (χ0) is 24.5. The van der Waals surface area contributed by atoms with E-state index in [0.29, 0.717) is 17.5 Å². The van der Waals surface area contributed by atoms with E-state index in [0.717, 1.165) is 39.2 Å². The van der Waals surface area contributed by atoms with E-state index in [-0.39, 0.29) is 0 Å². The molecular formula is C27H31N5O2. The molecule has 0 spiro atoms. The summed E-state index contributed by atoms with van der Waals surface area (Å²) in [6.45, 7) is 8.08. The highest BCUT2D eigenvalue weighted by molar-refractivity contribution is 5.93. The van der Waals surface area contributed by atoms with Crippen LogP contribution in [-0.4, -0.2) is 35.1 Å². The molecule has 0 aliphatic heterocycles. The van der Waals surface area contributed by atoms with Crippen LogP contribution in [0.4, 0.5) is 17.2 Å². The summed E-state index contributed by atoms with van der Waals surface area (Å²) in [5, 5.41) is 4.28. The first-order valence-corrected chi connectivity index (χ1v) is 11.2. The topological polar surface area (TPSA) is 81.5 Å². The number of pyridine rings is 1. The molecule has 0 saturated heterocycles. The van der Waals surface area contributed by atoms with Gasteiger partial charge in [-0.2, -0.15) is 0 Å². The second kappa shape index (κ2) is 11.7. The molecule has 0 amide bonds. The molecule has 2 aromatic carbocycles. The lowest BCUT2D eigenvalue weighted by Gasteiger charge is -2.13. The number of aliphatic imine (C=N–C) groups is 1. The van der Waals surface area contributed by atoms with Crippen molar-refractivity contribution in [3.05, 3.63) is 66.5 Å². The van der Waals surface area contributed by atoms with E-state index in [9.17, 15) is 0 Å². The molecule has 1 N–H and O–H groups in total. The summed E-state index contributed by atoms with van der Waals surface area (Å²) in [6, 6.07) is 15.5. The fourth-order valence-corrected chi connectivity index (χ4v) is 3.11. The Morgan fingerprint density at radius 2 is 1.82 bits per heavy atom. The second-order valence-electron chi connectivity index (χ2n) is 7.69. The Kier molecular flexibility index (Phi) is 8.51. The third kappa shape index (κ3) is 6.07. The number of hydrogen-bond donors (Lipinski definition) is 1. The number of methoxy groups -OCH3 is 2. The normalized spacial score (nSPS) is 10.9. The van der Waals surface area contributed by atoms with E-state index >= 15 is 0 Å². The minimum absolute atomic E-state index is 0.592. The van der Waals surface area contributed by atoms with Crippen LogP contribution in [0.25, 0.3) is 22.3 Å². The summed E-state index contributed by atoms with van der Waals surface area (Å²) in [5.74, 6) is 2.59. The lowest BCUT2D eigenvalue weighted by molar-refractivity contribution is 0.400. The predicted molar refractivity (Wildman–Crippen MR) is 140 cm³/mol. The van der Waals surface area contributed by atoms with Gasteiger partial charge in [-0.1, -0.05) is 26.3 Å². The standard InChI is InChI=1S/C24H23N5O2.C3H8/c1-15-7-8-18(12-22(15)26-16(2)30-3)27-24-20-13-19(31-4)9-10-21(20)28-23(29-24)17-6-5-11-25-14-17;1-3-2/h5-14H,1-4H3,(H,27,28,29);3H2,1-2H3. The molecule has 2 heterocycles. The highest BCUT2D eigenvalue weighted by Gasteiger charge is 2.12. The van der Waals surface area contributed by atoms with E-state index in [2.05, 4.69) is 29.1 Å². The zero-order valence-electron chi connectivity index (χ0n) is 20.6. The predicted octanol–water partition coefficient (Wildman–Crippen LogP) is 6.87. The van der Waals surface area contributed by atoms with Crippen molar-refractivity contribution in [2.24, 2.45) is 4.99 Å². The number of aromatic nitrogens is 3. The lowest BCUT2D eigenvalue weighted by Crippen LogP contribution is -2.00. The van der Waals surface area contributed by atoms with Gasteiger partial charge in [0.1, 0.15) is 11.6 Å². The first kappa shape index (κ1) is 24.6. The van der Waals surface area contributed by atoms with Gasteiger partial charge in [-0.15, -0.1) is 0 Å². The lowest BCUT2D eigenvalue weighted by atomic mass is 10.1. The quantitative estimate of drug-likeness (QED) is 0.260. The van der Waals surface area contributed by atoms with E-state index < -0.39 is 0 Å². The molecule has 0 bridgehead atoms. The molecule has 2 aromatic heterocycles. The molecule has 34 heavy (non-hydrogen) atoms. The molecule has 0 atom stereocenters. The van der Waals surface area contributed by atoms with Crippen molar-refractivity contribution in [3.8, 4) is 17.1 Å². The number of nitrogens with zero attached hydrogens (tertiary/aromatic N) is 4. The van der Waals surface area contributed by atoms with Crippen molar-refractivity contribution in [2.45, 2.75) is 34.1 Å². The van der Waals surface area contributed by atoms with Crippen molar-refractivity contribution in [1.82, 2.24) is 15.0 Å². The highest BCUT2D eigenvalue weighted by Crippen LogP contribution is 2.31. The van der Waals surface area contributed by atoms with Gasteiger partial charge in [-0.3, -0.25) is 4.98 Å². The van der Waals surface area contributed by atoms with Gasteiger partial charge in [-0.25, -0.2) is 15.0 Å². The average molecular weight is 458 g/mol. The Bertz CT molecular complexity index is 1270. The van der Waals surface area contributed by atoms with Crippen molar-refractivity contribution < 1.29 is 9.47 Å². The van der Waals surface area contributed by atoms with Crippen LogP contribution in [0, 0.1) is 6.92 Å². The fraction of sp³-hybridized carbons (Fsp3) is 0.259. The number of anilines is 2. The van der Waals surface area contributed by atoms with Gasteiger partial charge in [0.15, 0.2) is 11.7 Å². The Morgan fingerprint density at radius 1 is 1.03 bits per heavy atom.